The van der Waals surface area contributed by atoms with Crippen LogP contribution in [0.15, 0.2) is 53.6 Å². The van der Waals surface area contributed by atoms with E-state index in [2.05, 4.69) is 21.2 Å². The second-order valence-corrected chi connectivity index (χ2v) is 6.01. The van der Waals surface area contributed by atoms with Crippen LogP contribution in [0.3, 0.4) is 0 Å². The molecule has 0 aliphatic rings. The molecule has 2 aromatic carbocycles. The standard InChI is InChI=1S/C18H17F3N4OS/c1-11(13-5-3-7-15(9-13)22-12(2)26)24-25-17(27)23-16-8-4-6-14(10-16)18(19,20)21/h3-10H,1-2H3,(H,22,26)(H2,23,25,27)/b24-11-. The van der Waals surface area contributed by atoms with Crippen LogP contribution in [0.25, 0.3) is 0 Å². The van der Waals surface area contributed by atoms with E-state index in [1.54, 1.807) is 31.2 Å². The third kappa shape index (κ3) is 6.37. The Bertz CT molecular complexity index is 881. The largest absolute Gasteiger partial charge is 0.416 e. The van der Waals surface area contributed by atoms with E-state index in [0.717, 1.165) is 17.7 Å². The van der Waals surface area contributed by atoms with Crippen molar-refractivity contribution in [1.29, 1.82) is 0 Å². The quantitative estimate of drug-likeness (QED) is 0.409. The summed E-state index contributed by atoms with van der Waals surface area (Å²) in [5, 5.41) is 9.48. The van der Waals surface area contributed by atoms with Crippen molar-refractivity contribution in [3.05, 3.63) is 59.7 Å². The molecule has 0 aromatic heterocycles. The van der Waals surface area contributed by atoms with Crippen LogP contribution in [0.5, 0.6) is 0 Å². The lowest BCUT2D eigenvalue weighted by Gasteiger charge is -2.11. The fraction of sp³-hybridized carbons (Fsp3) is 0.167. The van der Waals surface area contributed by atoms with E-state index in [0.29, 0.717) is 11.4 Å². The molecule has 0 aliphatic carbocycles. The van der Waals surface area contributed by atoms with Crippen molar-refractivity contribution in [2.24, 2.45) is 5.10 Å². The number of thiocarbonyl (C=S) groups is 1. The van der Waals surface area contributed by atoms with Gasteiger partial charge in [0.2, 0.25) is 5.91 Å². The molecule has 2 rings (SSSR count). The number of amides is 1. The van der Waals surface area contributed by atoms with Gasteiger partial charge in [-0.3, -0.25) is 10.2 Å². The Balaban J connectivity index is 2.03. The molecule has 0 heterocycles. The summed E-state index contributed by atoms with van der Waals surface area (Å²) in [6.07, 6.45) is -4.43. The summed E-state index contributed by atoms with van der Waals surface area (Å²) in [5.74, 6) is -0.189. The summed E-state index contributed by atoms with van der Waals surface area (Å²) < 4.78 is 38.2. The van der Waals surface area contributed by atoms with Gasteiger partial charge in [0.15, 0.2) is 5.11 Å². The highest BCUT2D eigenvalue weighted by Gasteiger charge is 2.30. The van der Waals surface area contributed by atoms with E-state index in [-0.39, 0.29) is 16.7 Å². The average molecular weight is 394 g/mol. The third-order valence-corrected chi connectivity index (χ3v) is 3.57. The Hall–Kier alpha value is -2.94. The molecule has 0 bridgehead atoms. The maximum Gasteiger partial charge on any atom is 0.416 e. The Morgan fingerprint density at radius 2 is 1.63 bits per heavy atom. The molecule has 0 saturated heterocycles. The fourth-order valence-electron chi connectivity index (χ4n) is 2.16. The minimum Gasteiger partial charge on any atom is -0.331 e. The molecule has 2 aromatic rings. The van der Waals surface area contributed by atoms with Gasteiger partial charge in [-0.1, -0.05) is 18.2 Å². The summed E-state index contributed by atoms with van der Waals surface area (Å²) in [6, 6.07) is 11.7. The third-order valence-electron chi connectivity index (χ3n) is 3.37. The molecular formula is C18H17F3N4OS. The summed E-state index contributed by atoms with van der Waals surface area (Å²) in [6.45, 7) is 3.14. The predicted octanol–water partition coefficient (Wildman–Crippen LogP) is 4.37. The number of carbonyl (C=O) groups excluding carboxylic acids is 1. The number of benzene rings is 2. The molecule has 142 valence electrons. The molecule has 0 saturated carbocycles. The predicted molar refractivity (Wildman–Crippen MR) is 104 cm³/mol. The van der Waals surface area contributed by atoms with Gasteiger partial charge in [0.05, 0.1) is 11.3 Å². The maximum atomic E-state index is 12.7. The van der Waals surface area contributed by atoms with Crippen LogP contribution in [0.1, 0.15) is 25.0 Å². The molecule has 0 spiro atoms. The number of alkyl halides is 3. The first-order valence-electron chi connectivity index (χ1n) is 7.82. The zero-order valence-electron chi connectivity index (χ0n) is 14.5. The molecule has 9 heteroatoms. The summed E-state index contributed by atoms with van der Waals surface area (Å²) in [4.78, 5) is 11.1. The number of hydrogen-bond donors (Lipinski definition) is 3. The molecule has 0 atom stereocenters. The van der Waals surface area contributed by atoms with Gasteiger partial charge < -0.3 is 10.6 Å². The van der Waals surface area contributed by atoms with Gasteiger partial charge in [0.1, 0.15) is 0 Å². The van der Waals surface area contributed by atoms with Gasteiger partial charge in [0.25, 0.3) is 0 Å². The highest BCUT2D eigenvalue weighted by molar-refractivity contribution is 7.80. The van der Waals surface area contributed by atoms with Crippen molar-refractivity contribution in [3.63, 3.8) is 0 Å². The number of carbonyl (C=O) groups is 1. The summed E-state index contributed by atoms with van der Waals surface area (Å²) in [7, 11) is 0. The first-order chi connectivity index (χ1) is 12.6. The van der Waals surface area contributed by atoms with Gasteiger partial charge in [-0.2, -0.15) is 18.3 Å². The highest BCUT2D eigenvalue weighted by Crippen LogP contribution is 2.30. The van der Waals surface area contributed by atoms with Gasteiger partial charge >= 0.3 is 6.18 Å². The zero-order chi connectivity index (χ0) is 20.0. The van der Waals surface area contributed by atoms with Crippen molar-refractivity contribution in [2.45, 2.75) is 20.0 Å². The second kappa shape index (κ2) is 8.63. The van der Waals surface area contributed by atoms with Crippen LogP contribution in [0, 0.1) is 0 Å². The van der Waals surface area contributed by atoms with Crippen molar-refractivity contribution < 1.29 is 18.0 Å². The van der Waals surface area contributed by atoms with Crippen molar-refractivity contribution >= 4 is 40.3 Å². The number of nitrogens with zero attached hydrogens (tertiary/aromatic N) is 1. The molecule has 27 heavy (non-hydrogen) atoms. The van der Waals surface area contributed by atoms with Crippen LogP contribution in [0.2, 0.25) is 0 Å². The maximum absolute atomic E-state index is 12.7. The van der Waals surface area contributed by atoms with Crippen LogP contribution in [0.4, 0.5) is 24.5 Å². The normalized spacial score (nSPS) is 11.7. The Kier molecular flexibility index (Phi) is 6.51. The van der Waals surface area contributed by atoms with E-state index in [1.165, 1.54) is 19.1 Å². The molecule has 3 N–H and O–H groups in total. The van der Waals surface area contributed by atoms with E-state index < -0.39 is 11.7 Å². The van der Waals surface area contributed by atoms with E-state index in [1.807, 2.05) is 0 Å². The number of halogens is 3. The van der Waals surface area contributed by atoms with Gasteiger partial charge in [-0.15, -0.1) is 0 Å². The minimum atomic E-state index is -4.43. The molecule has 0 aliphatic heterocycles. The number of rotatable bonds is 4. The van der Waals surface area contributed by atoms with Crippen molar-refractivity contribution in [2.75, 3.05) is 10.6 Å². The first-order valence-corrected chi connectivity index (χ1v) is 8.22. The highest BCUT2D eigenvalue weighted by atomic mass is 32.1. The molecular weight excluding hydrogens is 377 g/mol. The Labute approximate surface area is 159 Å². The molecule has 0 radical (unpaired) electrons. The van der Waals surface area contributed by atoms with Crippen LogP contribution >= 0.6 is 12.2 Å². The second-order valence-electron chi connectivity index (χ2n) is 5.60. The lowest BCUT2D eigenvalue weighted by molar-refractivity contribution is -0.137. The van der Waals surface area contributed by atoms with Crippen LogP contribution in [-0.4, -0.2) is 16.7 Å². The lowest BCUT2D eigenvalue weighted by Crippen LogP contribution is -2.25. The number of hydrazone groups is 1. The molecule has 5 nitrogen and oxygen atoms in total. The minimum absolute atomic E-state index is 0.0479. The van der Waals surface area contributed by atoms with Gasteiger partial charge in [-0.05, 0) is 55.0 Å². The summed E-state index contributed by atoms with van der Waals surface area (Å²) in [5.41, 5.74) is 3.96. The fourth-order valence-corrected chi connectivity index (χ4v) is 2.32. The van der Waals surface area contributed by atoms with Crippen molar-refractivity contribution in [3.8, 4) is 0 Å². The van der Waals surface area contributed by atoms with E-state index >= 15 is 0 Å². The summed E-state index contributed by atoms with van der Waals surface area (Å²) >= 11 is 5.06. The average Bonchev–Trinajstić information content (AvgIpc) is 2.59. The van der Waals surface area contributed by atoms with E-state index in [9.17, 15) is 18.0 Å². The monoisotopic (exact) mass is 394 g/mol. The Morgan fingerprint density at radius 3 is 2.26 bits per heavy atom. The smallest absolute Gasteiger partial charge is 0.331 e. The van der Waals surface area contributed by atoms with E-state index in [4.69, 9.17) is 12.2 Å². The molecule has 1 amide bonds. The van der Waals surface area contributed by atoms with Crippen molar-refractivity contribution in [1.82, 2.24) is 5.43 Å². The number of hydrogen-bond acceptors (Lipinski definition) is 3. The van der Waals surface area contributed by atoms with Gasteiger partial charge in [-0.25, -0.2) is 0 Å². The number of anilines is 2. The molecule has 0 fully saturated rings. The topological polar surface area (TPSA) is 65.5 Å². The van der Waals surface area contributed by atoms with Gasteiger partial charge in [0, 0.05) is 18.3 Å². The SMILES string of the molecule is CC(=O)Nc1cccc(/C(C)=N\NC(=S)Nc2cccc(C(F)(F)F)c2)c1. The van der Waals surface area contributed by atoms with Crippen LogP contribution < -0.4 is 16.1 Å². The lowest BCUT2D eigenvalue weighted by atomic mass is 10.1. The zero-order valence-corrected chi connectivity index (χ0v) is 15.3. The van der Waals surface area contributed by atoms with Crippen LogP contribution in [-0.2, 0) is 11.0 Å². The first kappa shape index (κ1) is 20.4. The molecule has 0 unspecified atom stereocenters. The number of nitrogens with one attached hydrogen (secondary N) is 3. The Morgan fingerprint density at radius 1 is 1.00 bits per heavy atom.